The molecule has 1 aliphatic heterocycles. The summed E-state index contributed by atoms with van der Waals surface area (Å²) in [6.07, 6.45) is 9.26. The number of aromatic carboxylic acids is 1. The summed E-state index contributed by atoms with van der Waals surface area (Å²) in [7, 11) is 0. The largest absolute Gasteiger partial charge is 0.477 e. The molecule has 2 aromatic heterocycles. The molecule has 3 heterocycles. The number of allylic oxidation sites excluding steroid dienone is 1. The van der Waals surface area contributed by atoms with Crippen molar-refractivity contribution in [3.05, 3.63) is 82.2 Å². The Hall–Kier alpha value is -3.97. The maximum atomic E-state index is 11.4. The number of hydrogen-bond donors (Lipinski definition) is 2. The second kappa shape index (κ2) is 9.59. The Balaban J connectivity index is 1.07. The number of nitrogens with zero attached hydrogens (tertiary/aromatic N) is 3. The molecule has 0 bridgehead atoms. The van der Waals surface area contributed by atoms with E-state index in [1.165, 1.54) is 35.6 Å². The van der Waals surface area contributed by atoms with Crippen LogP contribution in [0.15, 0.2) is 58.6 Å². The summed E-state index contributed by atoms with van der Waals surface area (Å²) in [4.78, 5) is 18.1. The Labute approximate surface area is 233 Å². The molecule has 2 saturated carbocycles. The first-order valence-corrected chi connectivity index (χ1v) is 14.2. The lowest BCUT2D eigenvalue weighted by molar-refractivity contribution is 0.0690. The van der Waals surface area contributed by atoms with Crippen LogP contribution >= 0.6 is 0 Å². The Morgan fingerprint density at radius 2 is 1.90 bits per heavy atom. The number of hydrogen-bond acceptors (Lipinski definition) is 6. The fraction of sp³-hybridized carbons (Fsp3) is 0.364. The second-order valence-electron chi connectivity index (χ2n) is 11.9. The molecule has 0 atom stereocenters. The predicted molar refractivity (Wildman–Crippen MR) is 154 cm³/mol. The van der Waals surface area contributed by atoms with Gasteiger partial charge in [0.15, 0.2) is 0 Å². The van der Waals surface area contributed by atoms with Crippen molar-refractivity contribution in [2.45, 2.75) is 58.0 Å². The lowest BCUT2D eigenvalue weighted by atomic mass is 9.60. The molecule has 2 aromatic carbocycles. The van der Waals surface area contributed by atoms with Crippen molar-refractivity contribution in [1.29, 1.82) is 0 Å². The molecule has 1 spiro atoms. The van der Waals surface area contributed by atoms with Crippen LogP contribution in [-0.2, 0) is 6.61 Å². The van der Waals surface area contributed by atoms with Crippen LogP contribution in [0.1, 0.15) is 77.4 Å². The second-order valence-corrected chi connectivity index (χ2v) is 11.9. The fourth-order valence-electron chi connectivity index (χ4n) is 6.65. The number of anilines is 1. The van der Waals surface area contributed by atoms with Gasteiger partial charge < -0.3 is 19.6 Å². The lowest BCUT2D eigenvalue weighted by Crippen LogP contribution is -2.44. The number of fused-ring (bicyclic) bond motifs is 1. The highest BCUT2D eigenvalue weighted by Crippen LogP contribution is 2.54. The topological polar surface area (TPSA) is 99.7 Å². The zero-order chi connectivity index (χ0) is 27.4. The van der Waals surface area contributed by atoms with Crippen LogP contribution in [0.25, 0.3) is 28.2 Å². The number of carboxylic acids is 1. The number of pyridine rings is 1. The van der Waals surface area contributed by atoms with E-state index in [0.29, 0.717) is 22.4 Å². The number of benzene rings is 2. The minimum absolute atomic E-state index is 0.0421. The molecule has 3 fully saturated rings. The van der Waals surface area contributed by atoms with Crippen molar-refractivity contribution in [3.8, 4) is 11.3 Å². The Bertz CT molecular complexity index is 1650. The monoisotopic (exact) mass is 535 g/mol. The van der Waals surface area contributed by atoms with Crippen LogP contribution in [-0.4, -0.2) is 39.4 Å². The van der Waals surface area contributed by atoms with Crippen LogP contribution in [0.2, 0.25) is 0 Å². The van der Waals surface area contributed by atoms with E-state index in [9.17, 15) is 15.0 Å². The number of piperidine rings is 1. The van der Waals surface area contributed by atoms with Gasteiger partial charge in [0.2, 0.25) is 0 Å². The van der Waals surface area contributed by atoms with Gasteiger partial charge in [-0.3, -0.25) is 0 Å². The maximum absolute atomic E-state index is 11.4. The van der Waals surface area contributed by atoms with E-state index in [1.807, 2.05) is 18.2 Å². The molecule has 7 heteroatoms. The fourth-order valence-corrected chi connectivity index (χ4v) is 6.65. The molecule has 4 aromatic rings. The number of aryl methyl sites for hydroxylation is 1. The molecule has 7 nitrogen and oxygen atoms in total. The van der Waals surface area contributed by atoms with Crippen molar-refractivity contribution < 1.29 is 19.5 Å². The van der Waals surface area contributed by atoms with Crippen LogP contribution in [0.5, 0.6) is 0 Å². The van der Waals surface area contributed by atoms with Crippen LogP contribution < -0.4 is 4.90 Å². The van der Waals surface area contributed by atoms with Gasteiger partial charge in [0.1, 0.15) is 17.1 Å². The van der Waals surface area contributed by atoms with Gasteiger partial charge in [0.25, 0.3) is 0 Å². The van der Waals surface area contributed by atoms with Crippen molar-refractivity contribution in [3.63, 3.8) is 0 Å². The lowest BCUT2D eigenvalue weighted by Gasteiger charge is -2.50. The molecular weight excluding hydrogens is 502 g/mol. The normalized spacial score (nSPS) is 18.2. The standard InChI is InChI=1S/C33H33N3O4/c1-20-4-2-3-5-25(20)30-27(31(40-35-30)22-6-7-22)14-21-17-33(18-21)10-12-36(13-11-33)24-8-9-28-26(16-24)23(19-37)15-29(34-28)32(38)39/h2-5,8-9,14-16,22,37H,6-7,10-13,17-19H2,1H3,(H,38,39). The van der Waals surface area contributed by atoms with Crippen LogP contribution in [0, 0.1) is 12.3 Å². The summed E-state index contributed by atoms with van der Waals surface area (Å²) in [5.41, 5.74) is 8.63. The molecular formula is C33H33N3O4. The smallest absolute Gasteiger partial charge is 0.354 e. The quantitative estimate of drug-likeness (QED) is 0.282. The molecule has 0 unspecified atom stereocenters. The Morgan fingerprint density at radius 1 is 1.12 bits per heavy atom. The molecule has 0 radical (unpaired) electrons. The van der Waals surface area contributed by atoms with Gasteiger partial charge in [0, 0.05) is 41.2 Å². The molecule has 7 rings (SSSR count). The first kappa shape index (κ1) is 25.0. The highest BCUT2D eigenvalue weighted by Gasteiger charge is 2.43. The van der Waals surface area contributed by atoms with Gasteiger partial charge in [0.05, 0.1) is 12.1 Å². The predicted octanol–water partition coefficient (Wildman–Crippen LogP) is 6.73. The van der Waals surface area contributed by atoms with Crippen molar-refractivity contribution in [2.75, 3.05) is 18.0 Å². The number of rotatable bonds is 6. The van der Waals surface area contributed by atoms with Crippen LogP contribution in [0.3, 0.4) is 0 Å². The molecule has 204 valence electrons. The Morgan fingerprint density at radius 3 is 2.60 bits per heavy atom. The van der Waals surface area contributed by atoms with E-state index in [-0.39, 0.29) is 12.3 Å². The molecule has 3 aliphatic rings. The number of carbonyl (C=O) groups is 1. The van der Waals surface area contributed by atoms with Crippen molar-refractivity contribution in [1.82, 2.24) is 10.1 Å². The highest BCUT2D eigenvalue weighted by atomic mass is 16.5. The van der Waals surface area contributed by atoms with E-state index in [1.54, 1.807) is 0 Å². The summed E-state index contributed by atoms with van der Waals surface area (Å²) >= 11 is 0. The zero-order valence-corrected chi connectivity index (χ0v) is 22.7. The highest BCUT2D eigenvalue weighted by molar-refractivity contribution is 5.92. The van der Waals surface area contributed by atoms with E-state index in [2.05, 4.69) is 52.3 Å². The zero-order valence-electron chi connectivity index (χ0n) is 22.7. The summed E-state index contributed by atoms with van der Waals surface area (Å²) in [6.45, 7) is 3.86. The number of aliphatic hydroxyl groups excluding tert-OH is 1. The average Bonchev–Trinajstić information content (AvgIpc) is 3.72. The third-order valence-electron chi connectivity index (χ3n) is 9.11. The molecule has 2 aliphatic carbocycles. The maximum Gasteiger partial charge on any atom is 0.354 e. The van der Waals surface area contributed by atoms with Gasteiger partial charge in [-0.25, -0.2) is 9.78 Å². The van der Waals surface area contributed by atoms with Crippen LogP contribution in [0.4, 0.5) is 5.69 Å². The van der Waals surface area contributed by atoms with Gasteiger partial charge in [-0.1, -0.05) is 35.0 Å². The number of aliphatic hydroxyl groups is 1. The molecule has 0 amide bonds. The third-order valence-corrected chi connectivity index (χ3v) is 9.11. The SMILES string of the molecule is Cc1ccccc1-c1noc(C2CC2)c1C=C1CC2(CCN(c3ccc4nc(C(=O)O)cc(CO)c4c3)CC2)C1. The van der Waals surface area contributed by atoms with Crippen molar-refractivity contribution >= 4 is 28.6 Å². The van der Waals surface area contributed by atoms with E-state index >= 15 is 0 Å². The summed E-state index contributed by atoms with van der Waals surface area (Å²) in [5, 5.41) is 24.6. The minimum Gasteiger partial charge on any atom is -0.477 e. The third kappa shape index (κ3) is 4.38. The molecule has 2 N–H and O–H groups in total. The van der Waals surface area contributed by atoms with Crippen molar-refractivity contribution in [2.24, 2.45) is 5.41 Å². The van der Waals surface area contributed by atoms with Gasteiger partial charge in [-0.15, -0.1) is 0 Å². The minimum atomic E-state index is -1.09. The van der Waals surface area contributed by atoms with E-state index < -0.39 is 5.97 Å². The first-order chi connectivity index (χ1) is 19.4. The Kier molecular flexibility index (Phi) is 6.00. The molecule has 40 heavy (non-hydrogen) atoms. The summed E-state index contributed by atoms with van der Waals surface area (Å²) < 4.78 is 5.91. The van der Waals surface area contributed by atoms with E-state index in [0.717, 1.165) is 66.9 Å². The van der Waals surface area contributed by atoms with Gasteiger partial charge in [-0.2, -0.15) is 0 Å². The van der Waals surface area contributed by atoms with Gasteiger partial charge in [-0.05, 0) is 92.3 Å². The number of aromatic nitrogens is 2. The molecule has 1 saturated heterocycles. The average molecular weight is 536 g/mol. The van der Waals surface area contributed by atoms with Gasteiger partial charge >= 0.3 is 5.97 Å². The first-order valence-electron chi connectivity index (χ1n) is 14.2. The summed E-state index contributed by atoms with van der Waals surface area (Å²) in [5.74, 6) is 0.480. The van der Waals surface area contributed by atoms with E-state index in [4.69, 9.17) is 4.52 Å². The number of carboxylic acid groups (broad SMARTS) is 1. The summed E-state index contributed by atoms with van der Waals surface area (Å²) in [6, 6.07) is 15.8.